The summed E-state index contributed by atoms with van der Waals surface area (Å²) in [6.07, 6.45) is 5.94. The third-order valence-corrected chi connectivity index (χ3v) is 1.89. The molecule has 44 valence electrons. The molecule has 0 saturated heterocycles. The van der Waals surface area contributed by atoms with Crippen LogP contribution in [0.2, 0.25) is 0 Å². The van der Waals surface area contributed by atoms with Crippen molar-refractivity contribution in [2.45, 2.75) is 19.3 Å². The van der Waals surface area contributed by atoms with Gasteiger partial charge in [-0.15, -0.1) is 0 Å². The average molecular weight is 108 g/mol. The molecule has 0 amide bonds. The van der Waals surface area contributed by atoms with Crippen molar-refractivity contribution in [3.8, 4) is 0 Å². The van der Waals surface area contributed by atoms with Gasteiger partial charge in [0.15, 0.2) is 0 Å². The summed E-state index contributed by atoms with van der Waals surface area (Å²) >= 11 is 0. The lowest BCUT2D eigenvalue weighted by atomic mass is 9.80. The van der Waals surface area contributed by atoms with Crippen molar-refractivity contribution >= 4 is 0 Å². The van der Waals surface area contributed by atoms with E-state index in [0.717, 1.165) is 5.92 Å². The Hall–Kier alpha value is -0.520. The first-order chi connectivity index (χ1) is 3.84. The first-order valence-corrected chi connectivity index (χ1v) is 3.16. The third-order valence-electron chi connectivity index (χ3n) is 1.89. The van der Waals surface area contributed by atoms with E-state index in [-0.39, 0.29) is 0 Å². The maximum Gasteiger partial charge on any atom is -0.0168 e. The van der Waals surface area contributed by atoms with Gasteiger partial charge in [-0.1, -0.05) is 31.2 Å². The monoisotopic (exact) mass is 108 g/mol. The molecule has 0 N–H and O–H groups in total. The standard InChI is InChI=1S/C8H12/c1-3-7(2)8-5-4-6-8/h3,8H,1-2,4-6H2. The number of hydrogen-bond acceptors (Lipinski definition) is 0. The summed E-state index contributed by atoms with van der Waals surface area (Å²) in [5.74, 6) is 0.785. The molecule has 0 atom stereocenters. The van der Waals surface area contributed by atoms with Gasteiger partial charge in [0.25, 0.3) is 0 Å². The van der Waals surface area contributed by atoms with Crippen LogP contribution in [-0.2, 0) is 0 Å². The SMILES string of the molecule is C=CC(=C)C1CCC1. The third kappa shape index (κ3) is 0.835. The van der Waals surface area contributed by atoms with Crippen molar-refractivity contribution in [2.75, 3.05) is 0 Å². The summed E-state index contributed by atoms with van der Waals surface area (Å²) in [4.78, 5) is 0. The molecule has 1 aliphatic rings. The van der Waals surface area contributed by atoms with Gasteiger partial charge in [0.05, 0.1) is 0 Å². The highest BCUT2D eigenvalue weighted by Crippen LogP contribution is 2.32. The van der Waals surface area contributed by atoms with E-state index < -0.39 is 0 Å². The molecule has 0 aliphatic heterocycles. The Kier molecular flexibility index (Phi) is 1.52. The Balaban J connectivity index is 2.34. The number of rotatable bonds is 2. The summed E-state index contributed by atoms with van der Waals surface area (Å²) in [5.41, 5.74) is 1.23. The molecule has 1 saturated carbocycles. The lowest BCUT2D eigenvalue weighted by Crippen LogP contribution is -2.11. The molecule has 0 aromatic rings. The van der Waals surface area contributed by atoms with Gasteiger partial charge in [0.1, 0.15) is 0 Å². The van der Waals surface area contributed by atoms with Crippen LogP contribution in [-0.4, -0.2) is 0 Å². The first-order valence-electron chi connectivity index (χ1n) is 3.16. The Bertz CT molecular complexity index is 107. The van der Waals surface area contributed by atoms with Gasteiger partial charge in [-0.3, -0.25) is 0 Å². The molecule has 0 aromatic heterocycles. The van der Waals surface area contributed by atoms with Gasteiger partial charge < -0.3 is 0 Å². The number of hydrogen-bond donors (Lipinski definition) is 0. The zero-order valence-corrected chi connectivity index (χ0v) is 5.19. The Morgan fingerprint density at radius 1 is 1.50 bits per heavy atom. The van der Waals surface area contributed by atoms with Crippen molar-refractivity contribution in [3.05, 3.63) is 24.8 Å². The summed E-state index contributed by atoms with van der Waals surface area (Å²) in [6.45, 7) is 7.54. The van der Waals surface area contributed by atoms with Crippen molar-refractivity contribution in [3.63, 3.8) is 0 Å². The van der Waals surface area contributed by atoms with Gasteiger partial charge in [-0.05, 0) is 18.8 Å². The van der Waals surface area contributed by atoms with Crippen molar-refractivity contribution < 1.29 is 0 Å². The van der Waals surface area contributed by atoms with Gasteiger partial charge >= 0.3 is 0 Å². The van der Waals surface area contributed by atoms with Crippen LogP contribution < -0.4 is 0 Å². The summed E-state index contributed by atoms with van der Waals surface area (Å²) < 4.78 is 0. The Morgan fingerprint density at radius 2 is 2.12 bits per heavy atom. The van der Waals surface area contributed by atoms with Crippen LogP contribution in [0, 0.1) is 5.92 Å². The molecule has 0 aromatic carbocycles. The summed E-state index contributed by atoms with van der Waals surface area (Å²) in [5, 5.41) is 0. The average Bonchev–Trinajstić information content (AvgIpc) is 1.62. The normalized spacial score (nSPS) is 19.5. The van der Waals surface area contributed by atoms with Crippen LogP contribution in [0.5, 0.6) is 0 Å². The molecule has 1 rings (SSSR count). The lowest BCUT2D eigenvalue weighted by Gasteiger charge is -2.25. The highest BCUT2D eigenvalue weighted by Gasteiger charge is 2.17. The molecule has 8 heavy (non-hydrogen) atoms. The van der Waals surface area contributed by atoms with Crippen LogP contribution in [0.25, 0.3) is 0 Å². The molecule has 0 bridgehead atoms. The minimum absolute atomic E-state index is 0.785. The van der Waals surface area contributed by atoms with E-state index in [9.17, 15) is 0 Å². The van der Waals surface area contributed by atoms with E-state index in [4.69, 9.17) is 0 Å². The predicted octanol–water partition coefficient (Wildman–Crippen LogP) is 2.53. The first kappa shape index (κ1) is 5.61. The summed E-state index contributed by atoms with van der Waals surface area (Å²) in [7, 11) is 0. The van der Waals surface area contributed by atoms with Gasteiger partial charge in [0, 0.05) is 0 Å². The highest BCUT2D eigenvalue weighted by atomic mass is 14.2. The van der Waals surface area contributed by atoms with Gasteiger partial charge in [-0.25, -0.2) is 0 Å². The van der Waals surface area contributed by atoms with Crippen LogP contribution in [0.15, 0.2) is 24.8 Å². The Morgan fingerprint density at radius 3 is 2.25 bits per heavy atom. The topological polar surface area (TPSA) is 0 Å². The molecule has 0 heterocycles. The molecule has 1 fully saturated rings. The van der Waals surface area contributed by atoms with Crippen molar-refractivity contribution in [1.82, 2.24) is 0 Å². The summed E-state index contributed by atoms with van der Waals surface area (Å²) in [6, 6.07) is 0. The molecule has 0 nitrogen and oxygen atoms in total. The Labute approximate surface area is 50.9 Å². The van der Waals surface area contributed by atoms with E-state index in [1.807, 2.05) is 6.08 Å². The molecule has 0 heteroatoms. The maximum atomic E-state index is 3.88. The predicted molar refractivity (Wildman–Crippen MR) is 36.7 cm³/mol. The molecular weight excluding hydrogens is 96.1 g/mol. The van der Waals surface area contributed by atoms with E-state index >= 15 is 0 Å². The van der Waals surface area contributed by atoms with E-state index in [1.54, 1.807) is 0 Å². The minimum atomic E-state index is 0.785. The second-order valence-corrected chi connectivity index (χ2v) is 2.41. The van der Waals surface area contributed by atoms with Crippen LogP contribution in [0.1, 0.15) is 19.3 Å². The maximum absolute atomic E-state index is 3.88. The second-order valence-electron chi connectivity index (χ2n) is 2.41. The molecule has 0 spiro atoms. The van der Waals surface area contributed by atoms with Crippen molar-refractivity contribution in [2.24, 2.45) is 5.92 Å². The zero-order valence-electron chi connectivity index (χ0n) is 5.19. The van der Waals surface area contributed by atoms with Crippen molar-refractivity contribution in [1.29, 1.82) is 0 Å². The zero-order chi connectivity index (χ0) is 5.98. The van der Waals surface area contributed by atoms with E-state index in [0.29, 0.717) is 0 Å². The highest BCUT2D eigenvalue weighted by molar-refractivity contribution is 5.16. The van der Waals surface area contributed by atoms with Crippen LogP contribution >= 0.6 is 0 Å². The molecule has 0 unspecified atom stereocenters. The molecule has 0 radical (unpaired) electrons. The van der Waals surface area contributed by atoms with Crippen LogP contribution in [0.3, 0.4) is 0 Å². The van der Waals surface area contributed by atoms with Crippen LogP contribution in [0.4, 0.5) is 0 Å². The van der Waals surface area contributed by atoms with E-state index in [1.165, 1.54) is 24.8 Å². The fraction of sp³-hybridized carbons (Fsp3) is 0.500. The minimum Gasteiger partial charge on any atom is -0.0988 e. The quantitative estimate of drug-likeness (QED) is 0.477. The van der Waals surface area contributed by atoms with E-state index in [2.05, 4.69) is 13.2 Å². The van der Waals surface area contributed by atoms with Gasteiger partial charge in [0.2, 0.25) is 0 Å². The largest absolute Gasteiger partial charge is 0.0988 e. The fourth-order valence-corrected chi connectivity index (χ4v) is 0.946. The van der Waals surface area contributed by atoms with Gasteiger partial charge in [-0.2, -0.15) is 0 Å². The molecular formula is C8H12. The second kappa shape index (κ2) is 2.17. The molecule has 1 aliphatic carbocycles. The smallest absolute Gasteiger partial charge is 0.0168 e. The number of allylic oxidation sites excluding steroid dienone is 2. The fourth-order valence-electron chi connectivity index (χ4n) is 0.946. The lowest BCUT2D eigenvalue weighted by molar-refractivity contribution is 0.375.